The maximum atomic E-state index is 3.50. The van der Waals surface area contributed by atoms with Crippen molar-refractivity contribution in [3.63, 3.8) is 0 Å². The fourth-order valence-electron chi connectivity index (χ4n) is 1.69. The van der Waals surface area contributed by atoms with Crippen LogP contribution in [-0.2, 0) is 0 Å². The van der Waals surface area contributed by atoms with Gasteiger partial charge in [0.2, 0.25) is 0 Å². The Labute approximate surface area is 98.6 Å². The van der Waals surface area contributed by atoms with E-state index in [9.17, 15) is 0 Å². The Morgan fingerprint density at radius 1 is 1.29 bits per heavy atom. The molecular weight excluding hydrogens is 287 g/mol. The molecular formula is C11H15IN2. The molecule has 0 saturated carbocycles. The van der Waals surface area contributed by atoms with E-state index in [0.29, 0.717) is 0 Å². The average molecular weight is 302 g/mol. The number of nitrogens with one attached hydrogen (secondary N) is 2. The third-order valence-corrected chi connectivity index (χ3v) is 3.39. The summed E-state index contributed by atoms with van der Waals surface area (Å²) in [5, 5.41) is 6.99. The lowest BCUT2D eigenvalue weighted by Crippen LogP contribution is -2.17. The van der Waals surface area contributed by atoms with Gasteiger partial charge in [0.25, 0.3) is 0 Å². The third-order valence-electron chi connectivity index (χ3n) is 2.72. The van der Waals surface area contributed by atoms with Crippen LogP contribution >= 0.6 is 22.6 Å². The summed E-state index contributed by atoms with van der Waals surface area (Å²) in [6.07, 6.45) is 1.23. The second kappa shape index (κ2) is 4.38. The summed E-state index contributed by atoms with van der Waals surface area (Å²) >= 11 is 2.35. The molecule has 0 aliphatic carbocycles. The number of anilines is 2. The van der Waals surface area contributed by atoms with Crippen LogP contribution in [0.25, 0.3) is 0 Å². The molecule has 0 bridgehead atoms. The molecule has 2 N–H and O–H groups in total. The summed E-state index contributed by atoms with van der Waals surface area (Å²) in [5.74, 6) is 0.736. The van der Waals surface area contributed by atoms with Crippen molar-refractivity contribution in [2.24, 2.45) is 5.92 Å². The van der Waals surface area contributed by atoms with Crippen molar-refractivity contribution >= 4 is 34.0 Å². The summed E-state index contributed by atoms with van der Waals surface area (Å²) in [5.41, 5.74) is 2.48. The number of halogens is 1. The van der Waals surface area contributed by atoms with Crippen LogP contribution in [0.1, 0.15) is 13.3 Å². The van der Waals surface area contributed by atoms with Gasteiger partial charge in [-0.15, -0.1) is 0 Å². The van der Waals surface area contributed by atoms with Gasteiger partial charge in [0.15, 0.2) is 0 Å². The van der Waals surface area contributed by atoms with Crippen molar-refractivity contribution in [1.29, 1.82) is 0 Å². The van der Waals surface area contributed by atoms with Crippen molar-refractivity contribution in [2.45, 2.75) is 13.3 Å². The first kappa shape index (κ1) is 10.1. The minimum absolute atomic E-state index is 0.736. The average Bonchev–Trinajstić information content (AvgIpc) is 2.39. The van der Waals surface area contributed by atoms with Crippen LogP contribution in [0.4, 0.5) is 11.4 Å². The topological polar surface area (TPSA) is 24.1 Å². The molecule has 1 heterocycles. The zero-order valence-electron chi connectivity index (χ0n) is 8.31. The van der Waals surface area contributed by atoms with Gasteiger partial charge in [0.05, 0.1) is 11.4 Å². The first-order valence-electron chi connectivity index (χ1n) is 5.07. The van der Waals surface area contributed by atoms with E-state index in [0.717, 1.165) is 19.0 Å². The number of rotatable bonds is 1. The maximum absolute atomic E-state index is 3.50. The molecule has 1 atom stereocenters. The van der Waals surface area contributed by atoms with E-state index < -0.39 is 0 Å². The summed E-state index contributed by atoms with van der Waals surface area (Å²) < 4.78 is 1.28. The summed E-state index contributed by atoms with van der Waals surface area (Å²) in [7, 11) is 0. The molecule has 1 unspecified atom stereocenters. The first-order chi connectivity index (χ1) is 6.79. The maximum Gasteiger partial charge on any atom is 0.0586 e. The highest BCUT2D eigenvalue weighted by atomic mass is 127. The van der Waals surface area contributed by atoms with Gasteiger partial charge in [-0.05, 0) is 53.1 Å². The van der Waals surface area contributed by atoms with E-state index >= 15 is 0 Å². The van der Waals surface area contributed by atoms with Crippen molar-refractivity contribution in [3.05, 3.63) is 21.8 Å². The predicted octanol–water partition coefficient (Wildman–Crippen LogP) is 3.15. The number of hydrogen-bond acceptors (Lipinski definition) is 2. The fraction of sp³-hybridized carbons (Fsp3) is 0.455. The number of fused-ring (bicyclic) bond motifs is 1. The van der Waals surface area contributed by atoms with E-state index in [2.05, 4.69) is 58.3 Å². The second-order valence-corrected chi connectivity index (χ2v) is 4.97. The van der Waals surface area contributed by atoms with Crippen molar-refractivity contribution < 1.29 is 0 Å². The molecule has 0 saturated heterocycles. The lowest BCUT2D eigenvalue weighted by atomic mass is 10.1. The summed E-state index contributed by atoms with van der Waals surface area (Å²) in [6, 6.07) is 6.49. The van der Waals surface area contributed by atoms with E-state index in [1.807, 2.05) is 0 Å². The van der Waals surface area contributed by atoms with Gasteiger partial charge in [0, 0.05) is 16.7 Å². The molecule has 76 valence electrons. The lowest BCUT2D eigenvalue weighted by molar-refractivity contribution is 0.570. The monoisotopic (exact) mass is 302 g/mol. The van der Waals surface area contributed by atoms with E-state index in [4.69, 9.17) is 0 Å². The predicted molar refractivity (Wildman–Crippen MR) is 69.9 cm³/mol. The van der Waals surface area contributed by atoms with Crippen molar-refractivity contribution in [1.82, 2.24) is 0 Å². The largest absolute Gasteiger partial charge is 0.383 e. The summed E-state index contributed by atoms with van der Waals surface area (Å²) in [4.78, 5) is 0. The highest BCUT2D eigenvalue weighted by Gasteiger charge is 2.13. The molecule has 1 aromatic carbocycles. The van der Waals surface area contributed by atoms with Gasteiger partial charge >= 0.3 is 0 Å². The minimum atomic E-state index is 0.736. The van der Waals surface area contributed by atoms with Crippen LogP contribution in [0.2, 0.25) is 0 Å². The van der Waals surface area contributed by atoms with Gasteiger partial charge in [-0.25, -0.2) is 0 Å². The Kier molecular flexibility index (Phi) is 3.15. The van der Waals surface area contributed by atoms with Crippen LogP contribution in [0.15, 0.2) is 18.2 Å². The second-order valence-electron chi connectivity index (χ2n) is 3.73. The van der Waals surface area contributed by atoms with Crippen LogP contribution in [-0.4, -0.2) is 13.1 Å². The van der Waals surface area contributed by atoms with E-state index in [-0.39, 0.29) is 0 Å². The molecule has 1 aliphatic heterocycles. The van der Waals surface area contributed by atoms with Gasteiger partial charge in [-0.3, -0.25) is 0 Å². The SMILES string of the molecule is CCC1CNc2ccc(I)cc2NC1. The Hall–Kier alpha value is -0.450. The van der Waals surface area contributed by atoms with Crippen LogP contribution in [0.5, 0.6) is 0 Å². The Morgan fingerprint density at radius 3 is 2.71 bits per heavy atom. The molecule has 1 aliphatic rings. The summed E-state index contributed by atoms with van der Waals surface area (Å²) in [6.45, 7) is 4.40. The highest BCUT2D eigenvalue weighted by molar-refractivity contribution is 14.1. The van der Waals surface area contributed by atoms with E-state index in [1.165, 1.54) is 21.4 Å². The van der Waals surface area contributed by atoms with Crippen LogP contribution < -0.4 is 10.6 Å². The molecule has 1 aromatic rings. The molecule has 0 aromatic heterocycles. The molecule has 0 amide bonds. The van der Waals surface area contributed by atoms with Crippen molar-refractivity contribution in [3.8, 4) is 0 Å². The van der Waals surface area contributed by atoms with Gasteiger partial charge < -0.3 is 10.6 Å². The van der Waals surface area contributed by atoms with Crippen molar-refractivity contribution in [2.75, 3.05) is 23.7 Å². The number of benzene rings is 1. The van der Waals surface area contributed by atoms with Crippen LogP contribution in [0, 0.1) is 9.49 Å². The highest BCUT2D eigenvalue weighted by Crippen LogP contribution is 2.27. The molecule has 14 heavy (non-hydrogen) atoms. The lowest BCUT2D eigenvalue weighted by Gasteiger charge is -2.10. The first-order valence-corrected chi connectivity index (χ1v) is 6.14. The minimum Gasteiger partial charge on any atom is -0.383 e. The van der Waals surface area contributed by atoms with E-state index in [1.54, 1.807) is 0 Å². The molecule has 0 spiro atoms. The fourth-order valence-corrected chi connectivity index (χ4v) is 2.18. The molecule has 0 fully saturated rings. The molecule has 3 heteroatoms. The zero-order chi connectivity index (χ0) is 9.97. The van der Waals surface area contributed by atoms with Crippen LogP contribution in [0.3, 0.4) is 0 Å². The Balaban J connectivity index is 2.21. The molecule has 2 nitrogen and oxygen atoms in total. The Morgan fingerprint density at radius 2 is 2.00 bits per heavy atom. The standard InChI is InChI=1S/C11H15IN2/c1-2-8-6-13-10-4-3-9(12)5-11(10)14-7-8/h3-5,8,13-14H,2,6-7H2,1H3. The normalized spacial score (nSPS) is 20.3. The molecule has 0 radical (unpaired) electrons. The quantitative estimate of drug-likeness (QED) is 0.779. The van der Waals surface area contributed by atoms with Gasteiger partial charge in [-0.2, -0.15) is 0 Å². The van der Waals surface area contributed by atoms with Gasteiger partial charge in [0.1, 0.15) is 0 Å². The third kappa shape index (κ3) is 2.13. The van der Waals surface area contributed by atoms with Gasteiger partial charge in [-0.1, -0.05) is 6.92 Å². The smallest absolute Gasteiger partial charge is 0.0586 e. The zero-order valence-corrected chi connectivity index (χ0v) is 10.5. The molecule has 2 rings (SSSR count). The Bertz CT molecular complexity index is 325. The number of hydrogen-bond donors (Lipinski definition) is 2.